The Morgan fingerprint density at radius 3 is 2.94 bits per heavy atom. The number of hydrogen-bond donors (Lipinski definition) is 0. The highest BCUT2D eigenvalue weighted by Gasteiger charge is 2.45. The van der Waals surface area contributed by atoms with E-state index in [1.54, 1.807) is 5.57 Å². The zero-order valence-corrected chi connectivity index (χ0v) is 11.1. The SMILES string of the molecule is C[C@@]12CCCCCC1CCC1CC(F)CC=C12. The molecule has 0 saturated heterocycles. The smallest absolute Gasteiger partial charge is 0.104 e. The lowest BCUT2D eigenvalue weighted by Gasteiger charge is -2.48. The quantitative estimate of drug-likeness (QED) is 0.517. The third kappa shape index (κ3) is 1.96. The predicted octanol–water partition coefficient (Wildman–Crippen LogP) is 5.04. The van der Waals surface area contributed by atoms with Gasteiger partial charge in [0.25, 0.3) is 0 Å². The topological polar surface area (TPSA) is 0 Å². The Bertz CT molecular complexity index is 319. The highest BCUT2D eigenvalue weighted by Crippen LogP contribution is 2.56. The fourth-order valence-electron chi connectivity index (χ4n) is 4.75. The lowest BCUT2D eigenvalue weighted by atomic mass is 9.56. The molecule has 0 N–H and O–H groups in total. The summed E-state index contributed by atoms with van der Waals surface area (Å²) in [6.07, 6.45) is 12.8. The molecule has 0 radical (unpaired) electrons. The molecule has 1 heteroatoms. The second-order valence-electron chi connectivity index (χ2n) is 6.72. The molecule has 3 rings (SSSR count). The van der Waals surface area contributed by atoms with Gasteiger partial charge in [-0.3, -0.25) is 0 Å². The van der Waals surface area contributed by atoms with Gasteiger partial charge in [-0.25, -0.2) is 4.39 Å². The summed E-state index contributed by atoms with van der Waals surface area (Å²) in [5.74, 6) is 1.47. The summed E-state index contributed by atoms with van der Waals surface area (Å²) in [6, 6.07) is 0. The minimum atomic E-state index is -0.560. The zero-order chi connectivity index (χ0) is 11.9. The monoisotopic (exact) mass is 236 g/mol. The van der Waals surface area contributed by atoms with Crippen LogP contribution in [0, 0.1) is 17.3 Å². The van der Waals surface area contributed by atoms with Crippen LogP contribution in [-0.2, 0) is 0 Å². The van der Waals surface area contributed by atoms with Gasteiger partial charge < -0.3 is 0 Å². The van der Waals surface area contributed by atoms with Gasteiger partial charge in [-0.2, -0.15) is 0 Å². The van der Waals surface area contributed by atoms with E-state index in [0.717, 1.165) is 12.3 Å². The third-order valence-electron chi connectivity index (χ3n) is 5.75. The van der Waals surface area contributed by atoms with E-state index < -0.39 is 6.17 Å². The van der Waals surface area contributed by atoms with E-state index in [9.17, 15) is 4.39 Å². The Labute approximate surface area is 105 Å². The average Bonchev–Trinajstić information content (AvgIpc) is 2.50. The van der Waals surface area contributed by atoms with Gasteiger partial charge in [0.05, 0.1) is 0 Å². The van der Waals surface area contributed by atoms with Crippen molar-refractivity contribution in [3.63, 3.8) is 0 Å². The van der Waals surface area contributed by atoms with Crippen LogP contribution in [0.5, 0.6) is 0 Å². The van der Waals surface area contributed by atoms with Gasteiger partial charge >= 0.3 is 0 Å². The maximum absolute atomic E-state index is 13.5. The molecular weight excluding hydrogens is 211 g/mol. The van der Waals surface area contributed by atoms with Crippen LogP contribution in [-0.4, -0.2) is 6.17 Å². The van der Waals surface area contributed by atoms with Gasteiger partial charge in [-0.05, 0) is 55.8 Å². The highest BCUT2D eigenvalue weighted by atomic mass is 19.1. The van der Waals surface area contributed by atoms with Gasteiger partial charge in [-0.15, -0.1) is 0 Å². The van der Waals surface area contributed by atoms with Crippen LogP contribution >= 0.6 is 0 Å². The van der Waals surface area contributed by atoms with Crippen molar-refractivity contribution in [2.45, 2.75) is 70.9 Å². The average molecular weight is 236 g/mol. The van der Waals surface area contributed by atoms with Crippen molar-refractivity contribution in [1.29, 1.82) is 0 Å². The molecule has 0 amide bonds. The first-order chi connectivity index (χ1) is 8.20. The lowest BCUT2D eigenvalue weighted by molar-refractivity contribution is 0.115. The first-order valence-corrected chi connectivity index (χ1v) is 7.55. The molecule has 0 heterocycles. The Balaban J connectivity index is 1.91. The molecule has 4 atom stereocenters. The van der Waals surface area contributed by atoms with Crippen molar-refractivity contribution in [2.24, 2.45) is 17.3 Å². The molecule has 3 aliphatic rings. The van der Waals surface area contributed by atoms with E-state index in [1.165, 1.54) is 44.9 Å². The van der Waals surface area contributed by atoms with E-state index in [-0.39, 0.29) is 0 Å². The first kappa shape index (κ1) is 11.7. The highest BCUT2D eigenvalue weighted by molar-refractivity contribution is 5.24. The first-order valence-electron chi connectivity index (χ1n) is 7.55. The van der Waals surface area contributed by atoms with Gasteiger partial charge in [0, 0.05) is 0 Å². The van der Waals surface area contributed by atoms with Gasteiger partial charge in [0.15, 0.2) is 0 Å². The van der Waals surface area contributed by atoms with E-state index in [2.05, 4.69) is 13.0 Å². The summed E-state index contributed by atoms with van der Waals surface area (Å²) in [7, 11) is 0. The second-order valence-corrected chi connectivity index (χ2v) is 6.72. The minimum absolute atomic E-state index is 0.430. The van der Waals surface area contributed by atoms with E-state index >= 15 is 0 Å². The minimum Gasteiger partial charge on any atom is -0.247 e. The number of allylic oxidation sites excluding steroid dienone is 2. The van der Waals surface area contributed by atoms with Gasteiger partial charge in [0.1, 0.15) is 6.17 Å². The molecule has 17 heavy (non-hydrogen) atoms. The molecule has 0 bridgehead atoms. The molecule has 3 unspecified atom stereocenters. The number of alkyl halides is 1. The molecular formula is C16H25F. The Hall–Kier alpha value is -0.330. The Kier molecular flexibility index (Phi) is 3.04. The van der Waals surface area contributed by atoms with Crippen LogP contribution in [0.15, 0.2) is 11.6 Å². The number of halogens is 1. The van der Waals surface area contributed by atoms with Gasteiger partial charge in [0.2, 0.25) is 0 Å². The molecule has 0 aliphatic heterocycles. The molecule has 2 saturated carbocycles. The maximum atomic E-state index is 13.5. The second kappa shape index (κ2) is 4.40. The van der Waals surface area contributed by atoms with Crippen molar-refractivity contribution in [1.82, 2.24) is 0 Å². The molecule has 96 valence electrons. The molecule has 2 fully saturated rings. The molecule has 0 nitrogen and oxygen atoms in total. The summed E-state index contributed by atoms with van der Waals surface area (Å²) in [4.78, 5) is 0. The van der Waals surface area contributed by atoms with E-state index in [1.807, 2.05) is 0 Å². The van der Waals surface area contributed by atoms with Crippen molar-refractivity contribution in [3.05, 3.63) is 11.6 Å². The van der Waals surface area contributed by atoms with Crippen molar-refractivity contribution < 1.29 is 4.39 Å². The fourth-order valence-corrected chi connectivity index (χ4v) is 4.75. The van der Waals surface area contributed by atoms with Crippen LogP contribution in [0.25, 0.3) is 0 Å². The number of rotatable bonds is 0. The molecule has 0 spiro atoms. The lowest BCUT2D eigenvalue weighted by Crippen LogP contribution is -2.39. The van der Waals surface area contributed by atoms with Crippen LogP contribution in [0.3, 0.4) is 0 Å². The number of hydrogen-bond acceptors (Lipinski definition) is 0. The van der Waals surface area contributed by atoms with Crippen LogP contribution in [0.2, 0.25) is 0 Å². The van der Waals surface area contributed by atoms with Crippen molar-refractivity contribution in [2.75, 3.05) is 0 Å². The molecule has 0 aromatic heterocycles. The van der Waals surface area contributed by atoms with Gasteiger partial charge in [-0.1, -0.05) is 37.8 Å². The largest absolute Gasteiger partial charge is 0.247 e. The van der Waals surface area contributed by atoms with E-state index in [4.69, 9.17) is 0 Å². The van der Waals surface area contributed by atoms with Crippen molar-refractivity contribution >= 4 is 0 Å². The Morgan fingerprint density at radius 1 is 1.18 bits per heavy atom. The summed E-state index contributed by atoms with van der Waals surface area (Å²) in [5, 5.41) is 0. The van der Waals surface area contributed by atoms with Crippen LogP contribution < -0.4 is 0 Å². The summed E-state index contributed by atoms with van der Waals surface area (Å²) >= 11 is 0. The third-order valence-corrected chi connectivity index (χ3v) is 5.75. The summed E-state index contributed by atoms with van der Waals surface area (Å²) < 4.78 is 13.5. The fraction of sp³-hybridized carbons (Fsp3) is 0.875. The van der Waals surface area contributed by atoms with Crippen LogP contribution in [0.1, 0.15) is 64.7 Å². The van der Waals surface area contributed by atoms with Crippen molar-refractivity contribution in [3.8, 4) is 0 Å². The molecule has 0 aromatic carbocycles. The molecule has 0 aromatic rings. The predicted molar refractivity (Wildman–Crippen MR) is 69.6 cm³/mol. The standard InChI is InChI=1S/C16H25F/c1-16-10-4-2-3-5-13(16)7-6-12-11-14(17)8-9-15(12)16/h9,12-14H,2-8,10-11H2,1H3/t12?,13?,14?,16-/m1/s1. The van der Waals surface area contributed by atoms with E-state index in [0.29, 0.717) is 17.8 Å². The summed E-state index contributed by atoms with van der Waals surface area (Å²) in [6.45, 7) is 2.49. The maximum Gasteiger partial charge on any atom is 0.104 e. The summed E-state index contributed by atoms with van der Waals surface area (Å²) in [5.41, 5.74) is 2.09. The molecule has 3 aliphatic carbocycles. The number of fused-ring (bicyclic) bond motifs is 3. The normalized spacial score (nSPS) is 46.5. The Morgan fingerprint density at radius 2 is 2.06 bits per heavy atom. The zero-order valence-electron chi connectivity index (χ0n) is 11.1. The van der Waals surface area contributed by atoms with Crippen LogP contribution in [0.4, 0.5) is 4.39 Å².